The first-order chi connectivity index (χ1) is 7.84. The highest BCUT2D eigenvalue weighted by Crippen LogP contribution is 2.17. The Hall–Kier alpha value is -1.16. The molecule has 0 fully saturated rings. The van der Waals surface area contributed by atoms with Crippen LogP contribution in [0.1, 0.15) is 45.0 Å². The van der Waals surface area contributed by atoms with Gasteiger partial charge in [-0.3, -0.25) is 0 Å². The quantitative estimate of drug-likeness (QED) is 0.855. The summed E-state index contributed by atoms with van der Waals surface area (Å²) in [6.07, 6.45) is 0. The van der Waals surface area contributed by atoms with Crippen molar-refractivity contribution in [2.24, 2.45) is 0 Å². The fourth-order valence-corrected chi connectivity index (χ4v) is 1.64. The minimum atomic E-state index is -0.170. The maximum Gasteiger partial charge on any atom is 0.223 e. The van der Waals surface area contributed by atoms with Crippen LogP contribution in [-0.4, -0.2) is 29.2 Å². The summed E-state index contributed by atoms with van der Waals surface area (Å²) in [4.78, 5) is 8.93. The van der Waals surface area contributed by atoms with Crippen LogP contribution < -0.4 is 5.32 Å². The fraction of sp³-hybridized carbons (Fsp3) is 0.692. The molecular weight excluding hydrogens is 214 g/mol. The van der Waals surface area contributed by atoms with Gasteiger partial charge >= 0.3 is 0 Å². The summed E-state index contributed by atoms with van der Waals surface area (Å²) >= 11 is 0. The van der Waals surface area contributed by atoms with Crippen molar-refractivity contribution >= 4 is 5.95 Å². The number of nitrogens with zero attached hydrogens (tertiary/aromatic N) is 2. The average Bonchev–Trinajstić information content (AvgIpc) is 2.15. The molecule has 0 amide bonds. The third-order valence-corrected chi connectivity index (χ3v) is 2.42. The highest BCUT2D eigenvalue weighted by molar-refractivity contribution is 5.32. The van der Waals surface area contributed by atoms with Gasteiger partial charge in [0.25, 0.3) is 0 Å². The molecule has 0 aromatic carbocycles. The molecule has 0 spiro atoms. The van der Waals surface area contributed by atoms with Crippen molar-refractivity contribution in [2.75, 3.05) is 19.0 Å². The number of anilines is 1. The van der Waals surface area contributed by atoms with E-state index in [4.69, 9.17) is 4.74 Å². The Morgan fingerprint density at radius 2 is 2.00 bits per heavy atom. The summed E-state index contributed by atoms with van der Waals surface area (Å²) in [5, 5.41) is 3.31. The van der Waals surface area contributed by atoms with Crippen LogP contribution in [0.5, 0.6) is 0 Å². The van der Waals surface area contributed by atoms with E-state index in [1.807, 2.05) is 13.0 Å². The Morgan fingerprint density at radius 3 is 2.53 bits per heavy atom. The predicted octanol–water partition coefficient (Wildman–Crippen LogP) is 2.75. The van der Waals surface area contributed by atoms with E-state index < -0.39 is 0 Å². The van der Waals surface area contributed by atoms with Crippen molar-refractivity contribution in [2.45, 2.75) is 46.1 Å². The Bertz CT molecular complexity index is 375. The van der Waals surface area contributed by atoms with Crippen LogP contribution in [0.15, 0.2) is 6.07 Å². The third-order valence-electron chi connectivity index (χ3n) is 2.42. The second-order valence-corrected chi connectivity index (χ2v) is 5.35. The van der Waals surface area contributed by atoms with Gasteiger partial charge in [0.15, 0.2) is 0 Å². The van der Waals surface area contributed by atoms with Gasteiger partial charge in [0.1, 0.15) is 0 Å². The van der Waals surface area contributed by atoms with Gasteiger partial charge < -0.3 is 10.1 Å². The smallest absolute Gasteiger partial charge is 0.223 e. The van der Waals surface area contributed by atoms with Gasteiger partial charge in [-0.2, -0.15) is 0 Å². The molecule has 0 aliphatic carbocycles. The van der Waals surface area contributed by atoms with Gasteiger partial charge in [-0.05, 0) is 32.8 Å². The molecule has 1 heterocycles. The zero-order chi connectivity index (χ0) is 13.1. The van der Waals surface area contributed by atoms with Crippen LogP contribution in [0.2, 0.25) is 0 Å². The lowest BCUT2D eigenvalue weighted by Gasteiger charge is -2.25. The zero-order valence-electron chi connectivity index (χ0n) is 11.7. The Kier molecular flexibility index (Phi) is 4.46. The standard InChI is InChI=1S/C13H23N3O/c1-9(2)11-7-10(3)14-12(15-11)16-13(4,5)8-17-6/h7,9H,8H2,1-6H3,(H,14,15,16). The maximum atomic E-state index is 5.17. The molecule has 1 rings (SSSR count). The van der Waals surface area contributed by atoms with E-state index >= 15 is 0 Å². The molecule has 1 aromatic rings. The van der Waals surface area contributed by atoms with E-state index in [1.54, 1.807) is 7.11 Å². The lowest BCUT2D eigenvalue weighted by molar-refractivity contribution is 0.157. The summed E-state index contributed by atoms with van der Waals surface area (Å²) in [6, 6.07) is 2.03. The number of rotatable bonds is 5. The largest absolute Gasteiger partial charge is 0.382 e. The lowest BCUT2D eigenvalue weighted by atomic mass is 10.1. The highest BCUT2D eigenvalue weighted by Gasteiger charge is 2.19. The molecule has 0 atom stereocenters. The number of nitrogens with one attached hydrogen (secondary N) is 1. The van der Waals surface area contributed by atoms with Crippen molar-refractivity contribution in [1.82, 2.24) is 9.97 Å². The molecular formula is C13H23N3O. The van der Waals surface area contributed by atoms with Crippen LogP contribution in [0, 0.1) is 6.92 Å². The molecule has 1 N–H and O–H groups in total. The Labute approximate surface area is 104 Å². The topological polar surface area (TPSA) is 47.0 Å². The predicted molar refractivity (Wildman–Crippen MR) is 70.4 cm³/mol. The first-order valence-electron chi connectivity index (χ1n) is 5.97. The second kappa shape index (κ2) is 5.45. The van der Waals surface area contributed by atoms with Crippen LogP contribution >= 0.6 is 0 Å². The summed E-state index contributed by atoms with van der Waals surface area (Å²) in [6.45, 7) is 11.0. The van der Waals surface area contributed by atoms with Gasteiger partial charge in [0, 0.05) is 18.5 Å². The number of methoxy groups -OCH3 is 1. The van der Waals surface area contributed by atoms with Crippen LogP contribution in [0.25, 0.3) is 0 Å². The maximum absolute atomic E-state index is 5.17. The molecule has 0 saturated carbocycles. The molecule has 0 unspecified atom stereocenters. The van der Waals surface area contributed by atoms with Crippen molar-refractivity contribution in [1.29, 1.82) is 0 Å². The van der Waals surface area contributed by atoms with E-state index in [-0.39, 0.29) is 5.54 Å². The third kappa shape index (κ3) is 4.30. The summed E-state index contributed by atoms with van der Waals surface area (Å²) < 4.78 is 5.17. The Morgan fingerprint density at radius 1 is 1.35 bits per heavy atom. The summed E-state index contributed by atoms with van der Waals surface area (Å²) in [5.41, 5.74) is 1.88. The number of ether oxygens (including phenoxy) is 1. The molecule has 4 heteroatoms. The van der Waals surface area contributed by atoms with Crippen molar-refractivity contribution in [3.8, 4) is 0 Å². The first-order valence-corrected chi connectivity index (χ1v) is 5.97. The number of aryl methyl sites for hydroxylation is 1. The van der Waals surface area contributed by atoms with E-state index in [1.165, 1.54) is 0 Å². The Balaban J connectivity index is 2.91. The van der Waals surface area contributed by atoms with Crippen molar-refractivity contribution < 1.29 is 4.74 Å². The van der Waals surface area contributed by atoms with Crippen molar-refractivity contribution in [3.63, 3.8) is 0 Å². The summed E-state index contributed by atoms with van der Waals surface area (Å²) in [5.74, 6) is 1.08. The second-order valence-electron chi connectivity index (χ2n) is 5.35. The zero-order valence-corrected chi connectivity index (χ0v) is 11.7. The van der Waals surface area contributed by atoms with Gasteiger partial charge in [0.05, 0.1) is 12.1 Å². The molecule has 0 saturated heterocycles. The van der Waals surface area contributed by atoms with Crippen LogP contribution in [0.3, 0.4) is 0 Å². The average molecular weight is 237 g/mol. The number of hydrogen-bond donors (Lipinski definition) is 1. The number of hydrogen-bond acceptors (Lipinski definition) is 4. The molecule has 17 heavy (non-hydrogen) atoms. The normalized spacial score (nSPS) is 11.9. The minimum absolute atomic E-state index is 0.170. The summed E-state index contributed by atoms with van der Waals surface area (Å²) in [7, 11) is 1.69. The molecule has 0 aliphatic rings. The molecule has 96 valence electrons. The highest BCUT2D eigenvalue weighted by atomic mass is 16.5. The van der Waals surface area contributed by atoms with Gasteiger partial charge in [-0.1, -0.05) is 13.8 Å². The van der Waals surface area contributed by atoms with E-state index in [2.05, 4.69) is 43.0 Å². The van der Waals surface area contributed by atoms with Crippen LogP contribution in [0.4, 0.5) is 5.95 Å². The minimum Gasteiger partial charge on any atom is -0.382 e. The van der Waals surface area contributed by atoms with Crippen molar-refractivity contribution in [3.05, 3.63) is 17.5 Å². The van der Waals surface area contributed by atoms with E-state index in [0.29, 0.717) is 18.5 Å². The lowest BCUT2D eigenvalue weighted by Crippen LogP contribution is -2.36. The molecule has 4 nitrogen and oxygen atoms in total. The molecule has 1 aromatic heterocycles. The van der Waals surface area contributed by atoms with Gasteiger partial charge in [-0.15, -0.1) is 0 Å². The van der Waals surface area contributed by atoms with Gasteiger partial charge in [-0.25, -0.2) is 9.97 Å². The molecule has 0 radical (unpaired) electrons. The van der Waals surface area contributed by atoms with E-state index in [0.717, 1.165) is 11.4 Å². The SMILES string of the molecule is COCC(C)(C)Nc1nc(C)cc(C(C)C)n1. The number of aromatic nitrogens is 2. The fourth-order valence-electron chi connectivity index (χ4n) is 1.64. The van der Waals surface area contributed by atoms with Gasteiger partial charge in [0.2, 0.25) is 5.95 Å². The first kappa shape index (κ1) is 13.9. The monoisotopic (exact) mass is 237 g/mol. The van der Waals surface area contributed by atoms with E-state index in [9.17, 15) is 0 Å². The molecule has 0 aliphatic heterocycles. The van der Waals surface area contributed by atoms with Crippen LogP contribution in [-0.2, 0) is 4.74 Å². The molecule has 0 bridgehead atoms.